The molecule has 2 atom stereocenters. The zero-order chi connectivity index (χ0) is 13.3. The van der Waals surface area contributed by atoms with Gasteiger partial charge in [-0.2, -0.15) is 0 Å². The number of halogens is 1. The number of nitrogens with zero attached hydrogens (tertiary/aromatic N) is 1. The molecule has 18 heavy (non-hydrogen) atoms. The maximum absolute atomic E-state index is 12.4. The summed E-state index contributed by atoms with van der Waals surface area (Å²) in [5.41, 5.74) is 0.295. The number of phenols is 1. The Hall–Kier alpha value is -1.22. The normalized spacial score (nSPS) is 24.1. The van der Waals surface area contributed by atoms with E-state index in [-0.39, 0.29) is 17.7 Å². The van der Waals surface area contributed by atoms with Gasteiger partial charge < -0.3 is 10.0 Å². The van der Waals surface area contributed by atoms with Gasteiger partial charge in [-0.1, -0.05) is 18.5 Å². The summed E-state index contributed by atoms with van der Waals surface area (Å²) in [5.74, 6) is 0.515. The summed E-state index contributed by atoms with van der Waals surface area (Å²) in [6.07, 6.45) is 2.02. The van der Waals surface area contributed by atoms with Crippen molar-refractivity contribution in [1.82, 2.24) is 4.90 Å². The smallest absolute Gasteiger partial charge is 0.257 e. The summed E-state index contributed by atoms with van der Waals surface area (Å²) in [6.45, 7) is 5.00. The second kappa shape index (κ2) is 5.19. The summed E-state index contributed by atoms with van der Waals surface area (Å²) >= 11 is 5.88. The molecule has 0 spiro atoms. The van der Waals surface area contributed by atoms with Gasteiger partial charge in [-0.3, -0.25) is 4.79 Å². The number of piperidine rings is 1. The van der Waals surface area contributed by atoms with Crippen molar-refractivity contribution in [1.29, 1.82) is 0 Å². The van der Waals surface area contributed by atoms with E-state index in [2.05, 4.69) is 13.8 Å². The van der Waals surface area contributed by atoms with Crippen LogP contribution in [0.25, 0.3) is 0 Å². The van der Waals surface area contributed by atoms with E-state index < -0.39 is 0 Å². The molecule has 98 valence electrons. The van der Waals surface area contributed by atoms with Crippen molar-refractivity contribution < 1.29 is 9.90 Å². The molecule has 1 fully saturated rings. The minimum Gasteiger partial charge on any atom is -0.507 e. The van der Waals surface area contributed by atoms with Crippen molar-refractivity contribution in [2.45, 2.75) is 32.7 Å². The molecule has 2 unspecified atom stereocenters. The summed E-state index contributed by atoms with van der Waals surface area (Å²) in [4.78, 5) is 14.2. The molecule has 1 amide bonds. The molecule has 0 radical (unpaired) electrons. The predicted octanol–water partition coefficient (Wildman–Crippen LogP) is 3.31. The lowest BCUT2D eigenvalue weighted by atomic mass is 9.93. The highest BCUT2D eigenvalue weighted by atomic mass is 35.5. The largest absolute Gasteiger partial charge is 0.507 e. The number of hydrogen-bond donors (Lipinski definition) is 1. The number of amides is 1. The molecule has 1 saturated heterocycles. The number of likely N-dealkylation sites (tertiary alicyclic amines) is 1. The number of hydrogen-bond acceptors (Lipinski definition) is 2. The number of aromatic hydroxyl groups is 1. The third kappa shape index (κ3) is 2.61. The van der Waals surface area contributed by atoms with Crippen LogP contribution in [-0.2, 0) is 0 Å². The van der Waals surface area contributed by atoms with E-state index in [1.54, 1.807) is 6.07 Å². The zero-order valence-electron chi connectivity index (χ0n) is 10.7. The highest BCUT2D eigenvalue weighted by molar-refractivity contribution is 6.31. The van der Waals surface area contributed by atoms with Crippen LogP contribution in [0.1, 0.15) is 37.0 Å². The molecule has 0 saturated carbocycles. The monoisotopic (exact) mass is 267 g/mol. The Morgan fingerprint density at radius 2 is 2.17 bits per heavy atom. The standard InChI is InChI=1S/C14H18ClNO2/c1-9-5-6-16(10(2)7-9)14(18)12-8-11(15)3-4-13(12)17/h3-4,8-10,17H,5-7H2,1-2H3. The van der Waals surface area contributed by atoms with Gasteiger partial charge in [0.2, 0.25) is 0 Å². The Bertz CT molecular complexity index is 461. The molecule has 0 aromatic heterocycles. The third-order valence-corrected chi connectivity index (χ3v) is 3.82. The van der Waals surface area contributed by atoms with Crippen LogP contribution in [0.3, 0.4) is 0 Å². The molecule has 1 aliphatic heterocycles. The van der Waals surface area contributed by atoms with Crippen molar-refractivity contribution in [2.75, 3.05) is 6.54 Å². The second-order valence-corrected chi connectivity index (χ2v) is 5.58. The van der Waals surface area contributed by atoms with Gasteiger partial charge in [-0.15, -0.1) is 0 Å². The van der Waals surface area contributed by atoms with Crippen molar-refractivity contribution in [3.05, 3.63) is 28.8 Å². The lowest BCUT2D eigenvalue weighted by molar-refractivity contribution is 0.0585. The fourth-order valence-corrected chi connectivity index (χ4v) is 2.72. The predicted molar refractivity (Wildman–Crippen MR) is 72.0 cm³/mol. The van der Waals surface area contributed by atoms with Crippen molar-refractivity contribution in [3.8, 4) is 5.75 Å². The molecule has 1 N–H and O–H groups in total. The molecule has 0 bridgehead atoms. The van der Waals surface area contributed by atoms with Gasteiger partial charge in [0.05, 0.1) is 5.56 Å². The summed E-state index contributed by atoms with van der Waals surface area (Å²) in [5, 5.41) is 10.2. The zero-order valence-corrected chi connectivity index (χ0v) is 11.4. The molecule has 1 aliphatic rings. The summed E-state index contributed by atoms with van der Waals surface area (Å²) in [6, 6.07) is 4.78. The van der Waals surface area contributed by atoms with Gasteiger partial charge in [0, 0.05) is 17.6 Å². The molecule has 3 nitrogen and oxygen atoms in total. The number of rotatable bonds is 1. The molecule has 0 aliphatic carbocycles. The van der Waals surface area contributed by atoms with E-state index in [0.717, 1.165) is 19.4 Å². The number of carbonyl (C=O) groups is 1. The van der Waals surface area contributed by atoms with E-state index in [9.17, 15) is 9.90 Å². The number of carbonyl (C=O) groups excluding carboxylic acids is 1. The van der Waals surface area contributed by atoms with Gasteiger partial charge in [0.1, 0.15) is 5.75 Å². The first kappa shape index (κ1) is 13.2. The highest BCUT2D eigenvalue weighted by Crippen LogP contribution is 2.28. The van der Waals surface area contributed by atoms with Crippen molar-refractivity contribution in [2.24, 2.45) is 5.92 Å². The van der Waals surface area contributed by atoms with Crippen LogP contribution in [0.2, 0.25) is 5.02 Å². The lowest BCUT2D eigenvalue weighted by Crippen LogP contribution is -2.44. The molecule has 1 heterocycles. The van der Waals surface area contributed by atoms with E-state index in [0.29, 0.717) is 16.5 Å². The topological polar surface area (TPSA) is 40.5 Å². The van der Waals surface area contributed by atoms with Crippen LogP contribution in [0.15, 0.2) is 18.2 Å². The molecular weight excluding hydrogens is 250 g/mol. The minimum atomic E-state index is -0.130. The van der Waals surface area contributed by atoms with Crippen LogP contribution in [0.5, 0.6) is 5.75 Å². The average Bonchev–Trinajstić information content (AvgIpc) is 2.31. The van der Waals surface area contributed by atoms with Crippen LogP contribution in [-0.4, -0.2) is 28.5 Å². The van der Waals surface area contributed by atoms with Crippen LogP contribution < -0.4 is 0 Å². The van der Waals surface area contributed by atoms with Gasteiger partial charge >= 0.3 is 0 Å². The fraction of sp³-hybridized carbons (Fsp3) is 0.500. The Morgan fingerprint density at radius 3 is 2.83 bits per heavy atom. The Balaban J connectivity index is 2.23. The second-order valence-electron chi connectivity index (χ2n) is 5.14. The van der Waals surface area contributed by atoms with E-state index in [1.807, 2.05) is 4.90 Å². The molecular formula is C14H18ClNO2. The van der Waals surface area contributed by atoms with Crippen molar-refractivity contribution >= 4 is 17.5 Å². The highest BCUT2D eigenvalue weighted by Gasteiger charge is 2.28. The van der Waals surface area contributed by atoms with Gasteiger partial charge in [-0.05, 0) is 43.9 Å². The van der Waals surface area contributed by atoms with Gasteiger partial charge in [0.25, 0.3) is 5.91 Å². The van der Waals surface area contributed by atoms with Crippen LogP contribution in [0.4, 0.5) is 0 Å². The number of benzene rings is 1. The first-order valence-electron chi connectivity index (χ1n) is 6.28. The quantitative estimate of drug-likeness (QED) is 0.848. The van der Waals surface area contributed by atoms with Gasteiger partial charge in [-0.25, -0.2) is 0 Å². The maximum atomic E-state index is 12.4. The van der Waals surface area contributed by atoms with Crippen LogP contribution >= 0.6 is 11.6 Å². The first-order valence-corrected chi connectivity index (χ1v) is 6.66. The Morgan fingerprint density at radius 1 is 1.44 bits per heavy atom. The average molecular weight is 268 g/mol. The summed E-state index contributed by atoms with van der Waals surface area (Å²) in [7, 11) is 0. The molecule has 2 rings (SSSR count). The summed E-state index contributed by atoms with van der Waals surface area (Å²) < 4.78 is 0. The molecule has 1 aromatic carbocycles. The fourth-order valence-electron chi connectivity index (χ4n) is 2.54. The van der Waals surface area contributed by atoms with E-state index in [4.69, 9.17) is 11.6 Å². The minimum absolute atomic E-state index is 0.00442. The maximum Gasteiger partial charge on any atom is 0.257 e. The van der Waals surface area contributed by atoms with E-state index >= 15 is 0 Å². The molecule has 4 heteroatoms. The molecule has 1 aromatic rings. The van der Waals surface area contributed by atoms with Crippen molar-refractivity contribution in [3.63, 3.8) is 0 Å². The van der Waals surface area contributed by atoms with Gasteiger partial charge in [0.15, 0.2) is 0 Å². The SMILES string of the molecule is CC1CCN(C(=O)c2cc(Cl)ccc2O)C(C)C1. The number of phenolic OH excluding ortho intramolecular Hbond substituents is 1. The lowest BCUT2D eigenvalue weighted by Gasteiger charge is -2.36. The Labute approximate surface area is 112 Å². The Kier molecular flexibility index (Phi) is 3.81. The van der Waals surface area contributed by atoms with Crippen LogP contribution in [0, 0.1) is 5.92 Å². The third-order valence-electron chi connectivity index (χ3n) is 3.59. The first-order chi connectivity index (χ1) is 8.49. The van der Waals surface area contributed by atoms with E-state index in [1.165, 1.54) is 12.1 Å².